The Labute approximate surface area is 84.6 Å². The van der Waals surface area contributed by atoms with E-state index in [4.69, 9.17) is 4.74 Å². The molecule has 0 amide bonds. The Morgan fingerprint density at radius 2 is 2.00 bits per heavy atom. The molecule has 1 rings (SSSR count). The van der Waals surface area contributed by atoms with Gasteiger partial charge < -0.3 is 10.1 Å². The van der Waals surface area contributed by atoms with Gasteiger partial charge in [0, 0.05) is 12.1 Å². The molecule has 0 bridgehead atoms. The molecule has 4 heteroatoms. The number of rotatable bonds is 2. The van der Waals surface area contributed by atoms with Crippen molar-refractivity contribution < 1.29 is 9.53 Å². The van der Waals surface area contributed by atoms with E-state index in [1.165, 1.54) is 0 Å². The Kier molecular flexibility index (Phi) is 4.06. The topological polar surface area (TPSA) is 38.3 Å². The fourth-order valence-corrected chi connectivity index (χ4v) is 1.90. The maximum atomic E-state index is 11.0. The lowest BCUT2D eigenvalue weighted by atomic mass is 9.98. The van der Waals surface area contributed by atoms with Crippen molar-refractivity contribution in [2.75, 3.05) is 5.75 Å². The number of carbonyl (C=O) groups excluding carboxylic acids is 1. The number of nitrogens with one attached hydrogen (secondary N) is 1. The van der Waals surface area contributed by atoms with Crippen LogP contribution in [-0.2, 0) is 9.53 Å². The summed E-state index contributed by atoms with van der Waals surface area (Å²) in [7, 11) is 0. The van der Waals surface area contributed by atoms with E-state index in [1.807, 2.05) is 0 Å². The normalized spacial score (nSPS) is 34.2. The second-order valence-electron chi connectivity index (χ2n) is 3.71. The molecule has 0 saturated carbocycles. The molecular weight excluding hydrogens is 186 g/mol. The lowest BCUT2D eigenvalue weighted by Crippen LogP contribution is -2.45. The van der Waals surface area contributed by atoms with Crippen molar-refractivity contribution in [3.8, 4) is 0 Å². The summed E-state index contributed by atoms with van der Waals surface area (Å²) in [4.78, 5) is 11.0. The molecule has 1 aliphatic heterocycles. The van der Waals surface area contributed by atoms with Gasteiger partial charge in [-0.1, -0.05) is 0 Å². The molecule has 1 N–H and O–H groups in total. The maximum Gasteiger partial charge on any atom is 0.315 e. The lowest BCUT2D eigenvalue weighted by Gasteiger charge is -2.32. The van der Waals surface area contributed by atoms with E-state index in [-0.39, 0.29) is 17.8 Å². The second-order valence-corrected chi connectivity index (χ2v) is 4.03. The minimum Gasteiger partial charge on any atom is -0.462 e. The number of esters is 1. The van der Waals surface area contributed by atoms with Gasteiger partial charge in [0.15, 0.2) is 0 Å². The Morgan fingerprint density at radius 3 is 2.46 bits per heavy atom. The molecule has 13 heavy (non-hydrogen) atoms. The Balaban J connectivity index is 2.37. The van der Waals surface area contributed by atoms with E-state index in [2.05, 4.69) is 31.8 Å². The first-order valence-electron chi connectivity index (χ1n) is 4.68. The van der Waals surface area contributed by atoms with Crippen LogP contribution in [0.5, 0.6) is 0 Å². The monoisotopic (exact) mass is 203 g/mol. The van der Waals surface area contributed by atoms with E-state index < -0.39 is 0 Å². The van der Waals surface area contributed by atoms with Crippen LogP contribution in [0.2, 0.25) is 0 Å². The van der Waals surface area contributed by atoms with E-state index >= 15 is 0 Å². The molecule has 0 aliphatic carbocycles. The highest BCUT2D eigenvalue weighted by Crippen LogP contribution is 2.16. The summed E-state index contributed by atoms with van der Waals surface area (Å²) in [5.41, 5.74) is 0. The van der Waals surface area contributed by atoms with Gasteiger partial charge in [-0.05, 0) is 26.7 Å². The van der Waals surface area contributed by atoms with Gasteiger partial charge in [-0.25, -0.2) is 0 Å². The van der Waals surface area contributed by atoms with Gasteiger partial charge in [0.2, 0.25) is 0 Å². The van der Waals surface area contributed by atoms with Gasteiger partial charge in [0.1, 0.15) is 6.10 Å². The maximum absolute atomic E-state index is 11.0. The molecule has 76 valence electrons. The van der Waals surface area contributed by atoms with Gasteiger partial charge >= 0.3 is 5.97 Å². The van der Waals surface area contributed by atoms with Crippen molar-refractivity contribution >= 4 is 18.6 Å². The van der Waals surface area contributed by atoms with Crippen LogP contribution in [0.15, 0.2) is 0 Å². The molecule has 1 aliphatic rings. The summed E-state index contributed by atoms with van der Waals surface area (Å²) in [6, 6.07) is 0.864. The fraction of sp³-hybridized carbons (Fsp3) is 0.889. The largest absolute Gasteiger partial charge is 0.462 e. The highest BCUT2D eigenvalue weighted by atomic mass is 32.1. The van der Waals surface area contributed by atoms with Crippen LogP contribution in [0.3, 0.4) is 0 Å². The summed E-state index contributed by atoms with van der Waals surface area (Å²) in [5, 5.41) is 3.39. The van der Waals surface area contributed by atoms with Gasteiger partial charge in [-0.2, -0.15) is 12.6 Å². The first kappa shape index (κ1) is 10.9. The third kappa shape index (κ3) is 3.56. The average molecular weight is 203 g/mol. The summed E-state index contributed by atoms with van der Waals surface area (Å²) in [6.07, 6.45) is 1.89. The van der Waals surface area contributed by atoms with Crippen molar-refractivity contribution in [3.05, 3.63) is 0 Å². The van der Waals surface area contributed by atoms with Crippen molar-refractivity contribution in [1.29, 1.82) is 0 Å². The van der Waals surface area contributed by atoms with Gasteiger partial charge in [0.05, 0.1) is 5.75 Å². The molecule has 1 fully saturated rings. The molecule has 0 aromatic heterocycles. The molecule has 3 nitrogen and oxygen atoms in total. The molecule has 0 radical (unpaired) electrons. The minimum absolute atomic E-state index is 0.0749. The van der Waals surface area contributed by atoms with Crippen molar-refractivity contribution in [2.24, 2.45) is 0 Å². The number of thiol groups is 1. The summed E-state index contributed by atoms with van der Waals surface area (Å²) < 4.78 is 5.23. The van der Waals surface area contributed by atoms with Crippen LogP contribution in [0.4, 0.5) is 0 Å². The zero-order valence-corrected chi connectivity index (χ0v) is 9.01. The highest BCUT2D eigenvalue weighted by Gasteiger charge is 2.25. The zero-order valence-electron chi connectivity index (χ0n) is 8.12. The molecule has 0 aromatic carbocycles. The van der Waals surface area contributed by atoms with E-state index in [9.17, 15) is 4.79 Å². The van der Waals surface area contributed by atoms with Crippen LogP contribution in [0, 0.1) is 0 Å². The Hall–Kier alpha value is -0.220. The zero-order chi connectivity index (χ0) is 9.84. The first-order chi connectivity index (χ1) is 6.11. The van der Waals surface area contributed by atoms with E-state index in [0.717, 1.165) is 12.8 Å². The van der Waals surface area contributed by atoms with E-state index in [0.29, 0.717) is 12.1 Å². The Morgan fingerprint density at radius 1 is 1.46 bits per heavy atom. The number of hydrogen-bond donors (Lipinski definition) is 2. The van der Waals surface area contributed by atoms with E-state index in [1.54, 1.807) is 0 Å². The standard InChI is InChI=1S/C9H17NO2S/c1-6-3-8(4-7(2)10-6)12-9(11)5-13/h6-8,10,13H,3-5H2,1-2H3. The predicted octanol–water partition coefficient (Wildman–Crippen LogP) is 0.988. The second kappa shape index (κ2) is 4.86. The number of ether oxygens (including phenoxy) is 1. The molecule has 2 atom stereocenters. The van der Waals surface area contributed by atoms with Crippen molar-refractivity contribution in [1.82, 2.24) is 5.32 Å². The van der Waals surface area contributed by atoms with Crippen LogP contribution in [0.25, 0.3) is 0 Å². The average Bonchev–Trinajstić information content (AvgIpc) is 2.02. The number of carbonyl (C=O) groups is 1. The molecular formula is C9H17NO2S. The highest BCUT2D eigenvalue weighted by molar-refractivity contribution is 7.81. The smallest absolute Gasteiger partial charge is 0.315 e. The molecule has 2 unspecified atom stereocenters. The molecule has 0 spiro atoms. The van der Waals surface area contributed by atoms with Crippen LogP contribution in [0.1, 0.15) is 26.7 Å². The molecule has 1 heterocycles. The van der Waals surface area contributed by atoms with Crippen LogP contribution < -0.4 is 5.32 Å². The van der Waals surface area contributed by atoms with Gasteiger partial charge in [0.25, 0.3) is 0 Å². The number of piperidine rings is 1. The number of hydrogen-bond acceptors (Lipinski definition) is 4. The van der Waals surface area contributed by atoms with Gasteiger partial charge in [-0.15, -0.1) is 0 Å². The Bertz CT molecular complexity index is 176. The van der Waals surface area contributed by atoms with Crippen LogP contribution >= 0.6 is 12.6 Å². The minimum atomic E-state index is -0.213. The third-order valence-corrected chi connectivity index (χ3v) is 2.49. The lowest BCUT2D eigenvalue weighted by molar-refractivity contribution is -0.147. The van der Waals surface area contributed by atoms with Crippen LogP contribution in [-0.4, -0.2) is 29.9 Å². The first-order valence-corrected chi connectivity index (χ1v) is 5.31. The SMILES string of the molecule is CC1CC(OC(=O)CS)CC(C)N1. The molecule has 1 saturated heterocycles. The predicted molar refractivity (Wildman–Crippen MR) is 55.0 cm³/mol. The fourth-order valence-electron chi connectivity index (χ4n) is 1.83. The van der Waals surface area contributed by atoms with Crippen molar-refractivity contribution in [3.63, 3.8) is 0 Å². The summed E-state index contributed by atoms with van der Waals surface area (Å²) >= 11 is 3.87. The summed E-state index contributed by atoms with van der Waals surface area (Å²) in [5.74, 6) is -0.0400. The van der Waals surface area contributed by atoms with Gasteiger partial charge in [-0.3, -0.25) is 4.79 Å². The quantitative estimate of drug-likeness (QED) is 0.519. The molecule has 0 aromatic rings. The summed E-state index contributed by atoms with van der Waals surface area (Å²) in [6.45, 7) is 4.22. The third-order valence-electron chi connectivity index (χ3n) is 2.23. The van der Waals surface area contributed by atoms with Crippen molar-refractivity contribution in [2.45, 2.75) is 44.9 Å².